The summed E-state index contributed by atoms with van der Waals surface area (Å²) in [5.41, 5.74) is 0. The highest BCUT2D eigenvalue weighted by molar-refractivity contribution is 5.82. The molecule has 5 nitrogen and oxygen atoms in total. The molecule has 1 aliphatic heterocycles. The molecule has 1 aromatic carbocycles. The zero-order chi connectivity index (χ0) is 15.1. The maximum absolute atomic E-state index is 12.2. The minimum atomic E-state index is -0.116. The van der Waals surface area contributed by atoms with Crippen molar-refractivity contribution in [1.29, 1.82) is 0 Å². The number of methoxy groups -OCH3 is 1. The molecule has 1 heterocycles. The molecule has 1 saturated heterocycles. The van der Waals surface area contributed by atoms with Gasteiger partial charge in [0.05, 0.1) is 18.8 Å². The summed E-state index contributed by atoms with van der Waals surface area (Å²) in [5.74, 6) is 1.00. The summed E-state index contributed by atoms with van der Waals surface area (Å²) in [4.78, 5) is 14.0. The van der Waals surface area contributed by atoms with Crippen LogP contribution < -0.4 is 10.1 Å². The molecule has 0 spiro atoms. The molecule has 0 saturated carbocycles. The van der Waals surface area contributed by atoms with E-state index in [0.717, 1.165) is 25.1 Å². The fourth-order valence-electron chi connectivity index (χ4n) is 2.46. The van der Waals surface area contributed by atoms with E-state index in [1.54, 1.807) is 12.0 Å². The van der Waals surface area contributed by atoms with Crippen LogP contribution in [0.25, 0.3) is 0 Å². The van der Waals surface area contributed by atoms with Gasteiger partial charge in [0.1, 0.15) is 5.75 Å². The first-order valence-corrected chi connectivity index (χ1v) is 7.39. The van der Waals surface area contributed by atoms with Gasteiger partial charge >= 0.3 is 0 Å². The Bertz CT molecular complexity index is 438. The minimum absolute atomic E-state index is 0.116. The summed E-state index contributed by atoms with van der Waals surface area (Å²) in [5, 5.41) is 3.21. The summed E-state index contributed by atoms with van der Waals surface area (Å²) >= 11 is 0. The number of likely N-dealkylation sites (N-methyl/N-ethyl adjacent to an activating group) is 1. The van der Waals surface area contributed by atoms with Gasteiger partial charge in [-0.25, -0.2) is 0 Å². The largest absolute Gasteiger partial charge is 0.494 e. The monoisotopic (exact) mass is 292 g/mol. The van der Waals surface area contributed by atoms with Gasteiger partial charge in [0, 0.05) is 27.2 Å². The number of ether oxygens (including phenoxy) is 2. The van der Waals surface area contributed by atoms with Gasteiger partial charge in [0.2, 0.25) is 5.91 Å². The zero-order valence-electron chi connectivity index (χ0n) is 12.7. The van der Waals surface area contributed by atoms with Crippen LogP contribution in [0.3, 0.4) is 0 Å². The molecule has 1 amide bonds. The van der Waals surface area contributed by atoms with Gasteiger partial charge in [0.25, 0.3) is 0 Å². The lowest BCUT2D eigenvalue weighted by Crippen LogP contribution is -2.42. The van der Waals surface area contributed by atoms with Crippen LogP contribution in [0.4, 0.5) is 0 Å². The van der Waals surface area contributed by atoms with Gasteiger partial charge < -0.3 is 19.7 Å². The van der Waals surface area contributed by atoms with Crippen LogP contribution in [0.2, 0.25) is 0 Å². The van der Waals surface area contributed by atoms with Crippen LogP contribution in [0.5, 0.6) is 5.75 Å². The number of carbonyl (C=O) groups excluding carboxylic acids is 1. The van der Waals surface area contributed by atoms with Crippen molar-refractivity contribution < 1.29 is 14.3 Å². The molecule has 2 rings (SSSR count). The molecule has 0 aliphatic carbocycles. The Balaban J connectivity index is 1.65. The molecule has 1 aliphatic rings. The van der Waals surface area contributed by atoms with Crippen LogP contribution >= 0.6 is 0 Å². The number of nitrogens with one attached hydrogen (secondary N) is 1. The SMILES string of the molecule is COC1CNC(C(=O)N(C)CCCOc2ccccc2)C1. The van der Waals surface area contributed by atoms with Gasteiger partial charge in [-0.1, -0.05) is 18.2 Å². The summed E-state index contributed by atoms with van der Waals surface area (Å²) in [7, 11) is 3.52. The van der Waals surface area contributed by atoms with Crippen molar-refractivity contribution >= 4 is 5.91 Å². The first kappa shape index (κ1) is 15.8. The van der Waals surface area contributed by atoms with Crippen molar-refractivity contribution in [3.8, 4) is 5.75 Å². The highest BCUT2D eigenvalue weighted by Crippen LogP contribution is 2.12. The number of benzene rings is 1. The first-order chi connectivity index (χ1) is 10.2. The smallest absolute Gasteiger partial charge is 0.239 e. The highest BCUT2D eigenvalue weighted by Gasteiger charge is 2.30. The number of carbonyl (C=O) groups is 1. The molecule has 0 bridgehead atoms. The second-order valence-electron chi connectivity index (χ2n) is 5.33. The number of amides is 1. The van der Waals surface area contributed by atoms with Crippen molar-refractivity contribution in [2.75, 3.05) is 33.9 Å². The van der Waals surface area contributed by atoms with E-state index >= 15 is 0 Å². The van der Waals surface area contributed by atoms with E-state index in [4.69, 9.17) is 9.47 Å². The van der Waals surface area contributed by atoms with E-state index in [0.29, 0.717) is 13.2 Å². The normalized spacial score (nSPS) is 21.2. The van der Waals surface area contributed by atoms with Crippen LogP contribution in [0.15, 0.2) is 30.3 Å². The topological polar surface area (TPSA) is 50.8 Å². The Labute approximate surface area is 126 Å². The molecule has 0 aromatic heterocycles. The second kappa shape index (κ2) is 8.00. The van der Waals surface area contributed by atoms with E-state index in [1.807, 2.05) is 37.4 Å². The van der Waals surface area contributed by atoms with Gasteiger partial charge in [-0.3, -0.25) is 4.79 Å². The Kier molecular flexibility index (Phi) is 6.02. The average Bonchev–Trinajstić information content (AvgIpc) is 3.00. The number of nitrogens with zero attached hydrogens (tertiary/aromatic N) is 1. The van der Waals surface area contributed by atoms with Crippen molar-refractivity contribution in [3.05, 3.63) is 30.3 Å². The summed E-state index contributed by atoms with van der Waals surface area (Å²) in [6, 6.07) is 9.60. The summed E-state index contributed by atoms with van der Waals surface area (Å²) in [6.45, 7) is 2.06. The molecule has 5 heteroatoms. The third-order valence-electron chi connectivity index (χ3n) is 3.75. The first-order valence-electron chi connectivity index (χ1n) is 7.39. The lowest BCUT2D eigenvalue weighted by molar-refractivity contribution is -0.132. The molecule has 1 fully saturated rings. The lowest BCUT2D eigenvalue weighted by atomic mass is 10.2. The van der Waals surface area contributed by atoms with E-state index in [-0.39, 0.29) is 18.1 Å². The minimum Gasteiger partial charge on any atom is -0.494 e. The molecule has 2 unspecified atom stereocenters. The maximum Gasteiger partial charge on any atom is 0.239 e. The second-order valence-corrected chi connectivity index (χ2v) is 5.33. The van der Waals surface area contributed by atoms with Gasteiger partial charge in [-0.15, -0.1) is 0 Å². The summed E-state index contributed by atoms with van der Waals surface area (Å²) in [6.07, 6.45) is 1.71. The molecular formula is C16H24N2O3. The third kappa shape index (κ3) is 4.72. The maximum atomic E-state index is 12.2. The molecule has 2 atom stereocenters. The lowest BCUT2D eigenvalue weighted by Gasteiger charge is -2.21. The van der Waals surface area contributed by atoms with Crippen LogP contribution in [0.1, 0.15) is 12.8 Å². The fourth-order valence-corrected chi connectivity index (χ4v) is 2.46. The van der Waals surface area contributed by atoms with Crippen LogP contribution in [-0.2, 0) is 9.53 Å². The predicted molar refractivity (Wildman–Crippen MR) is 81.4 cm³/mol. The van der Waals surface area contributed by atoms with Crippen molar-refractivity contribution in [2.45, 2.75) is 25.0 Å². The fraction of sp³-hybridized carbons (Fsp3) is 0.562. The number of hydrogen-bond donors (Lipinski definition) is 1. The third-order valence-corrected chi connectivity index (χ3v) is 3.75. The molecular weight excluding hydrogens is 268 g/mol. The Morgan fingerprint density at radius 2 is 2.14 bits per heavy atom. The van der Waals surface area contributed by atoms with Gasteiger partial charge in [-0.2, -0.15) is 0 Å². The number of rotatable bonds is 7. The van der Waals surface area contributed by atoms with E-state index in [2.05, 4.69) is 5.32 Å². The number of para-hydroxylation sites is 1. The van der Waals surface area contributed by atoms with Crippen molar-refractivity contribution in [3.63, 3.8) is 0 Å². The van der Waals surface area contributed by atoms with Gasteiger partial charge in [0.15, 0.2) is 0 Å². The molecule has 1 aromatic rings. The van der Waals surface area contributed by atoms with Crippen LogP contribution in [-0.4, -0.2) is 56.8 Å². The molecule has 21 heavy (non-hydrogen) atoms. The summed E-state index contributed by atoms with van der Waals surface area (Å²) < 4.78 is 10.9. The average molecular weight is 292 g/mol. The Morgan fingerprint density at radius 3 is 2.81 bits per heavy atom. The number of hydrogen-bond acceptors (Lipinski definition) is 4. The molecule has 0 radical (unpaired) electrons. The molecule has 1 N–H and O–H groups in total. The quantitative estimate of drug-likeness (QED) is 0.770. The Hall–Kier alpha value is -1.59. The van der Waals surface area contributed by atoms with E-state index in [1.165, 1.54) is 0 Å². The Morgan fingerprint density at radius 1 is 1.38 bits per heavy atom. The molecule has 116 valence electrons. The van der Waals surface area contributed by atoms with Crippen molar-refractivity contribution in [1.82, 2.24) is 10.2 Å². The van der Waals surface area contributed by atoms with E-state index < -0.39 is 0 Å². The van der Waals surface area contributed by atoms with E-state index in [9.17, 15) is 4.79 Å². The van der Waals surface area contributed by atoms with Crippen molar-refractivity contribution in [2.24, 2.45) is 0 Å². The standard InChI is InChI=1S/C16H24N2O3/c1-18(16(19)15-11-14(20-2)12-17-15)9-6-10-21-13-7-4-3-5-8-13/h3-5,7-8,14-15,17H,6,9-12H2,1-2H3. The highest BCUT2D eigenvalue weighted by atomic mass is 16.5. The van der Waals surface area contributed by atoms with Crippen LogP contribution in [0, 0.1) is 0 Å². The zero-order valence-corrected chi connectivity index (χ0v) is 12.7. The predicted octanol–water partition coefficient (Wildman–Crippen LogP) is 1.29. The van der Waals surface area contributed by atoms with Gasteiger partial charge in [-0.05, 0) is 25.0 Å².